The van der Waals surface area contributed by atoms with E-state index in [9.17, 15) is 5.11 Å². The quantitative estimate of drug-likeness (QED) is 0.502. The Kier molecular flexibility index (Phi) is 4.59. The lowest BCUT2D eigenvalue weighted by atomic mass is 9.73. The molecule has 1 aliphatic carbocycles. The van der Waals surface area contributed by atoms with Gasteiger partial charge < -0.3 is 16.2 Å². The molecule has 94 valence electrons. The Morgan fingerprint density at radius 3 is 2.81 bits per heavy atom. The van der Waals surface area contributed by atoms with Crippen LogP contribution in [0, 0.1) is 5.41 Å². The Morgan fingerprint density at radius 1 is 1.56 bits per heavy atom. The maximum atomic E-state index is 9.99. The van der Waals surface area contributed by atoms with E-state index in [1.54, 1.807) is 0 Å². The number of nitrogens with two attached hydrogens (primary N) is 1. The standard InChI is InChI=1S/C12H25N3O/c1-9(2)15-11(13)14-8-12(3)7-5-4-6-10(12)16/h9-10,16H,4-8H2,1-3H3,(H3,13,14,15). The van der Waals surface area contributed by atoms with Gasteiger partial charge in [-0.3, -0.25) is 4.99 Å². The molecule has 0 aromatic carbocycles. The zero-order chi connectivity index (χ0) is 12.2. The molecule has 4 nitrogen and oxygen atoms in total. The highest BCUT2D eigenvalue weighted by atomic mass is 16.3. The van der Waals surface area contributed by atoms with E-state index in [1.165, 1.54) is 6.42 Å². The molecule has 0 heterocycles. The predicted octanol–water partition coefficient (Wildman–Crippen LogP) is 1.24. The minimum Gasteiger partial charge on any atom is -0.392 e. The van der Waals surface area contributed by atoms with E-state index in [0.717, 1.165) is 19.3 Å². The second kappa shape index (κ2) is 5.53. The fourth-order valence-electron chi connectivity index (χ4n) is 2.17. The summed E-state index contributed by atoms with van der Waals surface area (Å²) in [7, 11) is 0. The van der Waals surface area contributed by atoms with Crippen LogP contribution in [0.2, 0.25) is 0 Å². The molecule has 0 aromatic rings. The van der Waals surface area contributed by atoms with Crippen molar-refractivity contribution in [2.75, 3.05) is 6.54 Å². The monoisotopic (exact) mass is 227 g/mol. The number of nitrogens with one attached hydrogen (secondary N) is 1. The summed E-state index contributed by atoms with van der Waals surface area (Å²) in [6.45, 7) is 6.77. The van der Waals surface area contributed by atoms with Crippen molar-refractivity contribution in [1.29, 1.82) is 0 Å². The zero-order valence-corrected chi connectivity index (χ0v) is 10.7. The molecular weight excluding hydrogens is 202 g/mol. The van der Waals surface area contributed by atoms with Crippen molar-refractivity contribution in [1.82, 2.24) is 5.32 Å². The van der Waals surface area contributed by atoms with Gasteiger partial charge in [-0.1, -0.05) is 19.8 Å². The Balaban J connectivity index is 2.51. The van der Waals surface area contributed by atoms with E-state index in [4.69, 9.17) is 5.73 Å². The maximum Gasteiger partial charge on any atom is 0.188 e. The van der Waals surface area contributed by atoms with Crippen LogP contribution in [0.3, 0.4) is 0 Å². The molecule has 1 saturated carbocycles. The van der Waals surface area contributed by atoms with Crippen LogP contribution in [0.25, 0.3) is 0 Å². The minimum atomic E-state index is -0.239. The minimum absolute atomic E-state index is 0.0957. The van der Waals surface area contributed by atoms with Crippen molar-refractivity contribution >= 4 is 5.96 Å². The maximum absolute atomic E-state index is 9.99. The number of guanidine groups is 1. The molecule has 0 saturated heterocycles. The summed E-state index contributed by atoms with van der Waals surface area (Å²) in [6, 6.07) is 0.299. The summed E-state index contributed by atoms with van der Waals surface area (Å²) in [5, 5.41) is 13.1. The second-order valence-electron chi connectivity index (χ2n) is 5.42. The van der Waals surface area contributed by atoms with Crippen LogP contribution in [-0.4, -0.2) is 29.8 Å². The largest absolute Gasteiger partial charge is 0.392 e. The molecule has 1 fully saturated rings. The summed E-state index contributed by atoms with van der Waals surface area (Å²) in [5.74, 6) is 0.481. The topological polar surface area (TPSA) is 70.6 Å². The van der Waals surface area contributed by atoms with E-state index in [0.29, 0.717) is 18.5 Å². The Hall–Kier alpha value is -0.770. The van der Waals surface area contributed by atoms with Gasteiger partial charge in [0.1, 0.15) is 0 Å². The fourth-order valence-corrected chi connectivity index (χ4v) is 2.17. The third-order valence-corrected chi connectivity index (χ3v) is 3.33. The van der Waals surface area contributed by atoms with E-state index < -0.39 is 0 Å². The molecule has 0 aromatic heterocycles. The van der Waals surface area contributed by atoms with Crippen LogP contribution in [0.4, 0.5) is 0 Å². The highest BCUT2D eigenvalue weighted by Crippen LogP contribution is 2.36. The number of hydrogen-bond acceptors (Lipinski definition) is 2. The first kappa shape index (κ1) is 13.3. The van der Waals surface area contributed by atoms with Crippen molar-refractivity contribution < 1.29 is 5.11 Å². The summed E-state index contributed by atoms with van der Waals surface area (Å²) in [6.07, 6.45) is 3.99. The van der Waals surface area contributed by atoms with E-state index in [-0.39, 0.29) is 11.5 Å². The number of aliphatic hydroxyl groups is 1. The van der Waals surface area contributed by atoms with Gasteiger partial charge in [-0.25, -0.2) is 0 Å². The Morgan fingerprint density at radius 2 is 2.25 bits per heavy atom. The smallest absolute Gasteiger partial charge is 0.188 e. The SMILES string of the molecule is CC(C)NC(N)=NCC1(C)CCCCC1O. The lowest BCUT2D eigenvalue weighted by molar-refractivity contribution is 0.00719. The van der Waals surface area contributed by atoms with Crippen molar-refractivity contribution in [3.63, 3.8) is 0 Å². The zero-order valence-electron chi connectivity index (χ0n) is 10.7. The first-order valence-corrected chi connectivity index (χ1v) is 6.18. The molecule has 2 unspecified atom stereocenters. The van der Waals surface area contributed by atoms with Crippen LogP contribution < -0.4 is 11.1 Å². The second-order valence-corrected chi connectivity index (χ2v) is 5.42. The molecule has 0 amide bonds. The molecule has 0 aliphatic heterocycles. The van der Waals surface area contributed by atoms with Crippen LogP contribution >= 0.6 is 0 Å². The molecule has 0 spiro atoms. The van der Waals surface area contributed by atoms with Gasteiger partial charge in [-0.05, 0) is 26.7 Å². The number of hydrogen-bond donors (Lipinski definition) is 3. The van der Waals surface area contributed by atoms with Gasteiger partial charge >= 0.3 is 0 Å². The van der Waals surface area contributed by atoms with Gasteiger partial charge in [0.05, 0.1) is 12.6 Å². The van der Waals surface area contributed by atoms with Gasteiger partial charge in [0.2, 0.25) is 0 Å². The molecule has 16 heavy (non-hydrogen) atoms. The highest BCUT2D eigenvalue weighted by molar-refractivity contribution is 5.78. The lowest BCUT2D eigenvalue weighted by Gasteiger charge is -2.37. The molecular formula is C12H25N3O. The predicted molar refractivity (Wildman–Crippen MR) is 67.3 cm³/mol. The Labute approximate surface area is 98.3 Å². The van der Waals surface area contributed by atoms with Crippen LogP contribution in [0.15, 0.2) is 4.99 Å². The van der Waals surface area contributed by atoms with Crippen molar-refractivity contribution in [3.8, 4) is 0 Å². The first-order chi connectivity index (χ1) is 7.44. The normalized spacial score (nSPS) is 31.8. The Bertz CT molecular complexity index is 253. The summed E-state index contributed by atoms with van der Waals surface area (Å²) < 4.78 is 0. The highest BCUT2D eigenvalue weighted by Gasteiger charge is 2.35. The summed E-state index contributed by atoms with van der Waals surface area (Å²) in [4.78, 5) is 4.33. The number of aliphatic hydroxyl groups excluding tert-OH is 1. The van der Waals surface area contributed by atoms with Gasteiger partial charge in [-0.2, -0.15) is 0 Å². The van der Waals surface area contributed by atoms with Gasteiger partial charge in [-0.15, -0.1) is 0 Å². The van der Waals surface area contributed by atoms with E-state index in [2.05, 4.69) is 17.2 Å². The van der Waals surface area contributed by atoms with Crippen molar-refractivity contribution in [2.45, 2.75) is 58.6 Å². The van der Waals surface area contributed by atoms with Gasteiger partial charge in [0.25, 0.3) is 0 Å². The average molecular weight is 227 g/mol. The average Bonchev–Trinajstić information content (AvgIpc) is 2.19. The van der Waals surface area contributed by atoms with Crippen LogP contribution in [-0.2, 0) is 0 Å². The third-order valence-electron chi connectivity index (χ3n) is 3.33. The van der Waals surface area contributed by atoms with Gasteiger partial charge in [0, 0.05) is 11.5 Å². The third kappa shape index (κ3) is 3.67. The first-order valence-electron chi connectivity index (χ1n) is 6.18. The van der Waals surface area contributed by atoms with Crippen molar-refractivity contribution in [3.05, 3.63) is 0 Å². The number of rotatable bonds is 3. The number of aliphatic imine (C=N–C) groups is 1. The van der Waals surface area contributed by atoms with Gasteiger partial charge in [0.15, 0.2) is 5.96 Å². The lowest BCUT2D eigenvalue weighted by Crippen LogP contribution is -2.41. The van der Waals surface area contributed by atoms with Crippen LogP contribution in [0.1, 0.15) is 46.5 Å². The molecule has 4 heteroatoms. The molecule has 0 bridgehead atoms. The molecule has 1 aliphatic rings. The fraction of sp³-hybridized carbons (Fsp3) is 0.917. The molecule has 0 radical (unpaired) electrons. The molecule has 1 rings (SSSR count). The van der Waals surface area contributed by atoms with Crippen molar-refractivity contribution in [2.24, 2.45) is 16.1 Å². The molecule has 4 N–H and O–H groups in total. The summed E-state index contributed by atoms with van der Waals surface area (Å²) in [5.41, 5.74) is 5.66. The van der Waals surface area contributed by atoms with E-state index >= 15 is 0 Å². The van der Waals surface area contributed by atoms with Crippen LogP contribution in [0.5, 0.6) is 0 Å². The summed E-state index contributed by atoms with van der Waals surface area (Å²) >= 11 is 0. The van der Waals surface area contributed by atoms with E-state index in [1.807, 2.05) is 13.8 Å². The molecule has 2 atom stereocenters. The number of nitrogens with zero attached hydrogens (tertiary/aromatic N) is 1.